The summed E-state index contributed by atoms with van der Waals surface area (Å²) in [5.74, 6) is 0. The van der Waals surface area contributed by atoms with E-state index >= 15 is 0 Å². The van der Waals surface area contributed by atoms with Crippen molar-refractivity contribution in [3.8, 4) is 0 Å². The molecule has 0 aliphatic carbocycles. The Kier molecular flexibility index (Phi) is 2.64. The lowest BCUT2D eigenvalue weighted by atomic mass is 10.1. The lowest BCUT2D eigenvalue weighted by molar-refractivity contribution is 1.44. The van der Waals surface area contributed by atoms with Crippen LogP contribution in [0.5, 0.6) is 0 Å². The predicted octanol–water partition coefficient (Wildman–Crippen LogP) is 2.25. The first-order chi connectivity index (χ1) is 5.75. The standard InChI is InChI=1S/C10H12N2/c1-8-4-3-5-10(11)9(8)6-7-12-2/h3-7H,2,11H2,1H3. The van der Waals surface area contributed by atoms with Gasteiger partial charge in [-0.2, -0.15) is 0 Å². The lowest BCUT2D eigenvalue weighted by Crippen LogP contribution is -1.90. The van der Waals surface area contributed by atoms with Crippen LogP contribution in [0.3, 0.4) is 0 Å². The van der Waals surface area contributed by atoms with Gasteiger partial charge in [0.25, 0.3) is 0 Å². The second-order valence-corrected chi connectivity index (χ2v) is 2.58. The van der Waals surface area contributed by atoms with Crippen LogP contribution in [0, 0.1) is 6.92 Å². The molecule has 0 bridgehead atoms. The Bertz CT molecular complexity index is 293. The average molecular weight is 160 g/mol. The van der Waals surface area contributed by atoms with Crippen LogP contribution in [-0.4, -0.2) is 6.72 Å². The number of nitrogens with zero attached hydrogens (tertiary/aromatic N) is 1. The Morgan fingerprint density at radius 2 is 2.25 bits per heavy atom. The molecule has 2 nitrogen and oxygen atoms in total. The van der Waals surface area contributed by atoms with Crippen molar-refractivity contribution < 1.29 is 0 Å². The van der Waals surface area contributed by atoms with Gasteiger partial charge < -0.3 is 5.73 Å². The topological polar surface area (TPSA) is 38.4 Å². The van der Waals surface area contributed by atoms with E-state index in [1.807, 2.05) is 31.2 Å². The molecule has 0 aromatic heterocycles. The highest BCUT2D eigenvalue weighted by Gasteiger charge is 1.96. The monoisotopic (exact) mass is 160 g/mol. The van der Waals surface area contributed by atoms with Crippen molar-refractivity contribution in [2.45, 2.75) is 6.92 Å². The van der Waals surface area contributed by atoms with Gasteiger partial charge >= 0.3 is 0 Å². The molecule has 0 aliphatic rings. The second kappa shape index (κ2) is 3.72. The van der Waals surface area contributed by atoms with E-state index in [0.29, 0.717) is 0 Å². The summed E-state index contributed by atoms with van der Waals surface area (Å²) in [7, 11) is 0. The van der Waals surface area contributed by atoms with Gasteiger partial charge in [-0.05, 0) is 31.3 Å². The third-order valence-corrected chi connectivity index (χ3v) is 1.70. The van der Waals surface area contributed by atoms with Gasteiger partial charge in [-0.25, -0.2) is 0 Å². The molecule has 0 spiro atoms. The molecule has 0 amide bonds. The zero-order chi connectivity index (χ0) is 8.97. The zero-order valence-corrected chi connectivity index (χ0v) is 7.12. The summed E-state index contributed by atoms with van der Waals surface area (Å²) in [5.41, 5.74) is 8.69. The van der Waals surface area contributed by atoms with Gasteiger partial charge in [0.2, 0.25) is 0 Å². The molecule has 0 radical (unpaired) electrons. The Balaban J connectivity index is 3.12. The van der Waals surface area contributed by atoms with E-state index in [4.69, 9.17) is 5.73 Å². The Labute approximate surface area is 72.4 Å². The van der Waals surface area contributed by atoms with Crippen LogP contribution in [0.1, 0.15) is 11.1 Å². The number of benzene rings is 1. The molecule has 0 saturated heterocycles. The fraction of sp³-hybridized carbons (Fsp3) is 0.100. The summed E-state index contributed by atoms with van der Waals surface area (Å²) >= 11 is 0. The molecule has 12 heavy (non-hydrogen) atoms. The first kappa shape index (κ1) is 8.53. The van der Waals surface area contributed by atoms with Gasteiger partial charge in [-0.3, -0.25) is 4.99 Å². The van der Waals surface area contributed by atoms with Gasteiger partial charge in [0, 0.05) is 17.5 Å². The molecule has 62 valence electrons. The maximum Gasteiger partial charge on any atom is 0.0390 e. The fourth-order valence-electron chi connectivity index (χ4n) is 1.06. The summed E-state index contributed by atoms with van der Waals surface area (Å²) in [6.07, 6.45) is 3.50. The zero-order valence-electron chi connectivity index (χ0n) is 7.12. The minimum Gasteiger partial charge on any atom is -0.398 e. The summed E-state index contributed by atoms with van der Waals surface area (Å²) in [5, 5.41) is 0. The number of rotatable bonds is 2. The van der Waals surface area contributed by atoms with Crippen LogP contribution < -0.4 is 5.73 Å². The Morgan fingerprint density at radius 3 is 2.83 bits per heavy atom. The maximum atomic E-state index is 5.75. The molecule has 2 heteroatoms. The minimum absolute atomic E-state index is 0.773. The van der Waals surface area contributed by atoms with E-state index < -0.39 is 0 Å². The summed E-state index contributed by atoms with van der Waals surface area (Å²) in [6.45, 7) is 5.37. The molecule has 1 aromatic rings. The molecular formula is C10H12N2. The number of nitrogens with two attached hydrogens (primary N) is 1. The first-order valence-corrected chi connectivity index (χ1v) is 3.73. The van der Waals surface area contributed by atoms with Crippen LogP contribution in [0.4, 0.5) is 5.69 Å². The number of aryl methyl sites for hydroxylation is 1. The van der Waals surface area contributed by atoms with Crippen LogP contribution in [0.15, 0.2) is 29.4 Å². The van der Waals surface area contributed by atoms with Gasteiger partial charge in [-0.1, -0.05) is 12.1 Å². The van der Waals surface area contributed by atoms with Gasteiger partial charge in [0.05, 0.1) is 0 Å². The molecule has 0 aliphatic heterocycles. The fourth-order valence-corrected chi connectivity index (χ4v) is 1.06. The Hall–Kier alpha value is -1.57. The van der Waals surface area contributed by atoms with E-state index in [0.717, 1.165) is 16.8 Å². The number of nitrogen functional groups attached to an aromatic ring is 1. The summed E-state index contributed by atoms with van der Waals surface area (Å²) < 4.78 is 0. The molecule has 1 aromatic carbocycles. The van der Waals surface area contributed by atoms with E-state index in [9.17, 15) is 0 Å². The van der Waals surface area contributed by atoms with Gasteiger partial charge in [0.1, 0.15) is 0 Å². The molecule has 0 unspecified atom stereocenters. The van der Waals surface area contributed by atoms with Crippen molar-refractivity contribution >= 4 is 18.5 Å². The third kappa shape index (κ3) is 1.72. The van der Waals surface area contributed by atoms with Crippen molar-refractivity contribution in [3.63, 3.8) is 0 Å². The molecule has 0 heterocycles. The SMILES string of the molecule is C=NC=Cc1c(C)cccc1N. The Morgan fingerprint density at radius 1 is 1.50 bits per heavy atom. The average Bonchev–Trinajstić information content (AvgIpc) is 2.04. The smallest absolute Gasteiger partial charge is 0.0390 e. The normalized spacial score (nSPS) is 10.4. The first-order valence-electron chi connectivity index (χ1n) is 3.73. The number of hydrogen-bond acceptors (Lipinski definition) is 2. The minimum atomic E-state index is 0.773. The molecular weight excluding hydrogens is 148 g/mol. The van der Waals surface area contributed by atoms with Crippen LogP contribution in [0.2, 0.25) is 0 Å². The summed E-state index contributed by atoms with van der Waals surface area (Å²) in [4.78, 5) is 3.63. The van der Waals surface area contributed by atoms with E-state index in [2.05, 4.69) is 11.7 Å². The molecule has 0 saturated carbocycles. The van der Waals surface area contributed by atoms with Gasteiger partial charge in [0.15, 0.2) is 0 Å². The van der Waals surface area contributed by atoms with Crippen molar-refractivity contribution in [1.82, 2.24) is 0 Å². The number of hydrogen-bond donors (Lipinski definition) is 1. The predicted molar refractivity (Wildman–Crippen MR) is 54.2 cm³/mol. The maximum absolute atomic E-state index is 5.75. The molecule has 0 fully saturated rings. The van der Waals surface area contributed by atoms with E-state index in [1.54, 1.807) is 6.20 Å². The van der Waals surface area contributed by atoms with Crippen molar-refractivity contribution in [2.75, 3.05) is 5.73 Å². The summed E-state index contributed by atoms with van der Waals surface area (Å²) in [6, 6.07) is 5.82. The highest BCUT2D eigenvalue weighted by Crippen LogP contribution is 2.17. The highest BCUT2D eigenvalue weighted by atomic mass is 14.6. The number of anilines is 1. The molecule has 1 rings (SSSR count). The van der Waals surface area contributed by atoms with E-state index in [1.165, 1.54) is 0 Å². The van der Waals surface area contributed by atoms with Crippen LogP contribution >= 0.6 is 0 Å². The molecule has 0 atom stereocenters. The quantitative estimate of drug-likeness (QED) is 0.523. The number of aliphatic imine (C=N–C) groups is 1. The third-order valence-electron chi connectivity index (χ3n) is 1.70. The van der Waals surface area contributed by atoms with E-state index in [-0.39, 0.29) is 0 Å². The van der Waals surface area contributed by atoms with Crippen LogP contribution in [0.25, 0.3) is 6.08 Å². The highest BCUT2D eigenvalue weighted by molar-refractivity contribution is 5.67. The second-order valence-electron chi connectivity index (χ2n) is 2.58. The van der Waals surface area contributed by atoms with Crippen molar-refractivity contribution in [1.29, 1.82) is 0 Å². The van der Waals surface area contributed by atoms with Crippen molar-refractivity contribution in [2.24, 2.45) is 4.99 Å². The van der Waals surface area contributed by atoms with Gasteiger partial charge in [-0.15, -0.1) is 0 Å². The van der Waals surface area contributed by atoms with Crippen LogP contribution in [-0.2, 0) is 0 Å². The van der Waals surface area contributed by atoms with Crippen molar-refractivity contribution in [3.05, 3.63) is 35.5 Å². The lowest BCUT2D eigenvalue weighted by Gasteiger charge is -2.02. The molecule has 2 N–H and O–H groups in total. The largest absolute Gasteiger partial charge is 0.398 e.